The van der Waals surface area contributed by atoms with E-state index in [2.05, 4.69) is 10.3 Å². The summed E-state index contributed by atoms with van der Waals surface area (Å²) in [6.07, 6.45) is -4.51. The highest BCUT2D eigenvalue weighted by atomic mass is 32.2. The molecule has 1 aliphatic heterocycles. The number of nitrogens with one attached hydrogen (secondary N) is 1. The fraction of sp³-hybridized carbons (Fsp3) is 0.200. The highest BCUT2D eigenvalue weighted by Gasteiger charge is 2.48. The number of amides is 1. The maximum Gasteiger partial charge on any atom is 0.351 e. The molecule has 222 valence electrons. The van der Waals surface area contributed by atoms with Crippen molar-refractivity contribution >= 4 is 27.8 Å². The third-order valence-electron chi connectivity index (χ3n) is 6.64. The summed E-state index contributed by atoms with van der Waals surface area (Å²) < 4.78 is 43.0. The molecule has 0 aliphatic carbocycles. The zero-order valence-corrected chi connectivity index (χ0v) is 23.6. The van der Waals surface area contributed by atoms with Crippen LogP contribution in [0.1, 0.15) is 32.5 Å². The molecule has 1 saturated heterocycles. The number of aryl methyl sites for hydroxylation is 1. The van der Waals surface area contributed by atoms with Gasteiger partial charge in [0, 0.05) is 11.8 Å². The van der Waals surface area contributed by atoms with Crippen LogP contribution in [0.15, 0.2) is 107 Å². The number of ether oxygens (including phenoxy) is 2. The minimum absolute atomic E-state index is 0.0458. The second kappa shape index (κ2) is 12.7. The summed E-state index contributed by atoms with van der Waals surface area (Å²) in [5, 5.41) is 13.6. The van der Waals surface area contributed by atoms with Crippen molar-refractivity contribution in [1.29, 1.82) is 0 Å². The number of anilines is 1. The molecule has 0 unspecified atom stereocenters. The highest BCUT2D eigenvalue weighted by molar-refractivity contribution is 7.86. The molecule has 1 amide bonds. The topological polar surface area (TPSA) is 163 Å². The van der Waals surface area contributed by atoms with Crippen LogP contribution >= 0.6 is 0 Å². The molecule has 43 heavy (non-hydrogen) atoms. The van der Waals surface area contributed by atoms with E-state index in [-0.39, 0.29) is 16.3 Å². The Morgan fingerprint density at radius 1 is 0.953 bits per heavy atom. The van der Waals surface area contributed by atoms with Crippen LogP contribution in [0.25, 0.3) is 0 Å². The molecule has 12 nitrogen and oxygen atoms in total. The van der Waals surface area contributed by atoms with Crippen molar-refractivity contribution in [2.75, 3.05) is 11.9 Å². The van der Waals surface area contributed by atoms with Crippen molar-refractivity contribution in [3.8, 4) is 0 Å². The van der Waals surface area contributed by atoms with Crippen molar-refractivity contribution in [2.45, 2.75) is 36.4 Å². The lowest BCUT2D eigenvalue weighted by atomic mass is 10.1. The van der Waals surface area contributed by atoms with Gasteiger partial charge in [0.1, 0.15) is 18.0 Å². The molecule has 1 aromatic heterocycles. The minimum atomic E-state index is -4.22. The van der Waals surface area contributed by atoms with Gasteiger partial charge in [-0.1, -0.05) is 54.1 Å². The Morgan fingerprint density at radius 3 is 2.21 bits per heavy atom. The largest absolute Gasteiger partial charge is 0.451 e. The van der Waals surface area contributed by atoms with Crippen molar-refractivity contribution < 1.29 is 36.8 Å². The lowest BCUT2D eigenvalue weighted by Gasteiger charge is -2.22. The van der Waals surface area contributed by atoms with Crippen LogP contribution < -0.4 is 11.0 Å². The lowest BCUT2D eigenvalue weighted by Crippen LogP contribution is -2.39. The fourth-order valence-corrected chi connectivity index (χ4v) is 5.28. The number of hydrogen-bond acceptors (Lipinski definition) is 10. The zero-order chi connectivity index (χ0) is 30.6. The normalized spacial score (nSPS) is 20.0. The Balaban J connectivity index is 1.38. The van der Waals surface area contributed by atoms with Crippen molar-refractivity contribution in [3.63, 3.8) is 0 Å². The number of esters is 1. The van der Waals surface area contributed by atoms with Crippen LogP contribution in [-0.2, 0) is 23.8 Å². The van der Waals surface area contributed by atoms with E-state index in [1.807, 2.05) is 0 Å². The third-order valence-corrected chi connectivity index (χ3v) is 7.94. The number of nitrogens with zero attached hydrogens (tertiary/aromatic N) is 2. The van der Waals surface area contributed by atoms with Gasteiger partial charge in [-0.05, 0) is 49.4 Å². The van der Waals surface area contributed by atoms with E-state index in [1.54, 1.807) is 67.6 Å². The summed E-state index contributed by atoms with van der Waals surface area (Å²) in [5.74, 6) is -1.34. The molecular weight excluding hydrogens is 578 g/mol. The fourth-order valence-electron chi connectivity index (χ4n) is 4.36. The summed E-state index contributed by atoms with van der Waals surface area (Å²) >= 11 is 0. The van der Waals surface area contributed by atoms with E-state index < -0.39 is 58.8 Å². The van der Waals surface area contributed by atoms with Gasteiger partial charge in [0.2, 0.25) is 0 Å². The van der Waals surface area contributed by atoms with E-state index in [4.69, 9.17) is 13.7 Å². The van der Waals surface area contributed by atoms with E-state index >= 15 is 0 Å². The molecule has 2 N–H and O–H groups in total. The van der Waals surface area contributed by atoms with E-state index in [1.165, 1.54) is 36.5 Å². The average molecular weight is 606 g/mol. The van der Waals surface area contributed by atoms with Crippen LogP contribution in [-0.4, -0.2) is 59.9 Å². The summed E-state index contributed by atoms with van der Waals surface area (Å²) in [6.45, 7) is 1.16. The molecule has 5 rings (SSSR count). The van der Waals surface area contributed by atoms with Crippen molar-refractivity contribution in [1.82, 2.24) is 9.55 Å². The Labute approximate surface area is 246 Å². The smallest absolute Gasteiger partial charge is 0.351 e. The van der Waals surface area contributed by atoms with E-state index in [0.29, 0.717) is 5.56 Å². The number of aromatic nitrogens is 2. The SMILES string of the molecule is Cc1ccc(S(=O)(=O)OC[C@H]2O[C@@H](n3ccc(NC(=O)c4ccccc4)nc3=O)[C@@H](OC(=O)c3ccccc3)[C@@H]2O)cc1. The molecule has 1 aliphatic rings. The van der Waals surface area contributed by atoms with Crippen LogP contribution in [0, 0.1) is 6.92 Å². The maximum absolute atomic E-state index is 13.1. The summed E-state index contributed by atoms with van der Waals surface area (Å²) in [5.41, 5.74) is 0.494. The van der Waals surface area contributed by atoms with Gasteiger partial charge in [-0.3, -0.25) is 13.5 Å². The molecule has 2 heterocycles. The molecule has 0 radical (unpaired) electrons. The van der Waals surface area contributed by atoms with Crippen LogP contribution in [0.4, 0.5) is 5.82 Å². The standard InChI is InChI=1S/C30H27N3O9S/c1-19-12-14-22(15-13-19)43(38,39)40-18-23-25(34)26(42-29(36)21-10-6-3-7-11-21)28(41-23)33-17-16-24(32-30(33)37)31-27(35)20-8-4-2-5-9-20/h2-17,23,25-26,28,34H,18H2,1H3,(H,31,32,35,37)/t23-,25-,26+,28-/m1/s1. The summed E-state index contributed by atoms with van der Waals surface area (Å²) in [7, 11) is -4.22. The highest BCUT2D eigenvalue weighted by Crippen LogP contribution is 2.32. The van der Waals surface area contributed by atoms with Gasteiger partial charge in [-0.25, -0.2) is 9.59 Å². The number of rotatable bonds is 9. The van der Waals surface area contributed by atoms with Gasteiger partial charge in [0.15, 0.2) is 12.3 Å². The first-order valence-electron chi connectivity index (χ1n) is 13.1. The first kappa shape index (κ1) is 29.8. The molecule has 1 fully saturated rings. The average Bonchev–Trinajstić information content (AvgIpc) is 3.31. The molecule has 4 atom stereocenters. The van der Waals surface area contributed by atoms with E-state index in [9.17, 15) is 27.9 Å². The first-order valence-corrected chi connectivity index (χ1v) is 14.5. The van der Waals surface area contributed by atoms with Crippen LogP contribution in [0.2, 0.25) is 0 Å². The number of carbonyl (C=O) groups excluding carboxylic acids is 2. The van der Waals surface area contributed by atoms with Gasteiger partial charge < -0.3 is 19.9 Å². The molecular formula is C30H27N3O9S. The predicted octanol–water partition coefficient (Wildman–Crippen LogP) is 2.69. The monoisotopic (exact) mass is 605 g/mol. The maximum atomic E-state index is 13.1. The second-order valence-corrected chi connectivity index (χ2v) is 11.3. The van der Waals surface area contributed by atoms with Crippen LogP contribution in [0.3, 0.4) is 0 Å². The van der Waals surface area contributed by atoms with E-state index in [0.717, 1.165) is 10.1 Å². The number of carbonyl (C=O) groups is 2. The molecule has 0 saturated carbocycles. The van der Waals surface area contributed by atoms with Gasteiger partial charge in [0.25, 0.3) is 16.0 Å². The number of hydrogen-bond donors (Lipinski definition) is 2. The van der Waals surface area contributed by atoms with Gasteiger partial charge in [-0.2, -0.15) is 13.4 Å². The Hall–Kier alpha value is -4.69. The third kappa shape index (κ3) is 6.87. The quantitative estimate of drug-likeness (QED) is 0.214. The molecule has 13 heteroatoms. The predicted molar refractivity (Wildman–Crippen MR) is 153 cm³/mol. The number of aliphatic hydroxyl groups excluding tert-OH is 1. The van der Waals surface area contributed by atoms with Crippen molar-refractivity contribution in [2.24, 2.45) is 0 Å². The number of benzene rings is 3. The summed E-state index contributed by atoms with van der Waals surface area (Å²) in [4.78, 5) is 42.2. The Kier molecular flexibility index (Phi) is 8.78. The zero-order valence-electron chi connectivity index (χ0n) is 22.8. The molecule has 0 spiro atoms. The Morgan fingerprint density at radius 2 is 1.58 bits per heavy atom. The van der Waals surface area contributed by atoms with Crippen LogP contribution in [0.5, 0.6) is 0 Å². The van der Waals surface area contributed by atoms with Gasteiger partial charge in [-0.15, -0.1) is 0 Å². The molecule has 0 bridgehead atoms. The van der Waals surface area contributed by atoms with Crippen molar-refractivity contribution in [3.05, 3.63) is 124 Å². The second-order valence-electron chi connectivity index (χ2n) is 9.67. The van der Waals surface area contributed by atoms with Gasteiger partial charge in [0.05, 0.1) is 17.1 Å². The molecule has 3 aromatic carbocycles. The first-order chi connectivity index (χ1) is 20.6. The Bertz CT molecular complexity index is 1760. The number of aliphatic hydroxyl groups is 1. The molecule has 4 aromatic rings. The minimum Gasteiger partial charge on any atom is -0.451 e. The lowest BCUT2D eigenvalue weighted by molar-refractivity contribution is -0.0575. The van der Waals surface area contributed by atoms with Gasteiger partial charge >= 0.3 is 11.7 Å². The summed E-state index contributed by atoms with van der Waals surface area (Å²) in [6, 6.07) is 23.6.